The van der Waals surface area contributed by atoms with Crippen LogP contribution in [0.15, 0.2) is 24.3 Å². The van der Waals surface area contributed by atoms with Crippen LogP contribution >= 0.6 is 0 Å². The van der Waals surface area contributed by atoms with E-state index >= 15 is 0 Å². The molecule has 0 heterocycles. The molecular formula is C17H24N2O2. The largest absolute Gasteiger partial charge is 0.478 e. The van der Waals surface area contributed by atoms with Gasteiger partial charge in [-0.3, -0.25) is 4.90 Å². The summed E-state index contributed by atoms with van der Waals surface area (Å²) < 4.78 is 0. The highest BCUT2D eigenvalue weighted by Crippen LogP contribution is 2.14. The molecule has 0 bridgehead atoms. The van der Waals surface area contributed by atoms with E-state index < -0.39 is 5.97 Å². The summed E-state index contributed by atoms with van der Waals surface area (Å²) in [4.78, 5) is 13.1. The van der Waals surface area contributed by atoms with Gasteiger partial charge in [-0.1, -0.05) is 38.8 Å². The zero-order valence-electron chi connectivity index (χ0n) is 12.9. The van der Waals surface area contributed by atoms with Crippen LogP contribution in [0.2, 0.25) is 0 Å². The van der Waals surface area contributed by atoms with Crippen LogP contribution in [0.5, 0.6) is 0 Å². The standard InChI is InChI=1S/C17H24N2O2/c1-3-14(4-2)12-19(11-5-10-18)13-15-6-8-16(9-7-15)17(20)21/h6-9,14H,3-5,11-13H2,1-2H3,(H,20,21). The smallest absolute Gasteiger partial charge is 0.335 e. The molecule has 0 saturated heterocycles. The molecule has 0 radical (unpaired) electrons. The van der Waals surface area contributed by atoms with E-state index in [1.165, 1.54) is 0 Å². The van der Waals surface area contributed by atoms with Crippen molar-refractivity contribution >= 4 is 5.97 Å². The summed E-state index contributed by atoms with van der Waals surface area (Å²) in [5.41, 5.74) is 1.39. The summed E-state index contributed by atoms with van der Waals surface area (Å²) in [7, 11) is 0. The highest BCUT2D eigenvalue weighted by Gasteiger charge is 2.12. The number of rotatable bonds is 9. The zero-order chi connectivity index (χ0) is 15.7. The van der Waals surface area contributed by atoms with E-state index in [0.29, 0.717) is 17.9 Å². The lowest BCUT2D eigenvalue weighted by Crippen LogP contribution is -2.29. The molecule has 0 fully saturated rings. The van der Waals surface area contributed by atoms with Gasteiger partial charge in [0.25, 0.3) is 0 Å². The third-order valence-corrected chi connectivity index (χ3v) is 3.82. The molecule has 4 heteroatoms. The van der Waals surface area contributed by atoms with Crippen molar-refractivity contribution < 1.29 is 9.90 Å². The van der Waals surface area contributed by atoms with E-state index in [1.54, 1.807) is 12.1 Å². The average Bonchev–Trinajstić information content (AvgIpc) is 2.50. The lowest BCUT2D eigenvalue weighted by Gasteiger charge is -2.25. The van der Waals surface area contributed by atoms with Gasteiger partial charge in [0.1, 0.15) is 0 Å². The van der Waals surface area contributed by atoms with E-state index in [-0.39, 0.29) is 0 Å². The SMILES string of the molecule is CCC(CC)CN(CCC#N)Cc1ccc(C(=O)O)cc1. The maximum atomic E-state index is 10.9. The Balaban J connectivity index is 2.70. The summed E-state index contributed by atoms with van der Waals surface area (Å²) in [6.45, 7) is 6.89. The summed E-state index contributed by atoms with van der Waals surface area (Å²) in [6.07, 6.45) is 2.79. The first-order chi connectivity index (χ1) is 10.1. The minimum Gasteiger partial charge on any atom is -0.478 e. The summed E-state index contributed by atoms with van der Waals surface area (Å²) >= 11 is 0. The minimum absolute atomic E-state index is 0.308. The van der Waals surface area contributed by atoms with Crippen molar-refractivity contribution in [1.82, 2.24) is 4.90 Å². The number of aromatic carboxylic acids is 1. The van der Waals surface area contributed by atoms with Crippen LogP contribution in [-0.4, -0.2) is 29.1 Å². The van der Waals surface area contributed by atoms with Gasteiger partial charge in [-0.15, -0.1) is 0 Å². The molecule has 1 aromatic carbocycles. The molecule has 4 nitrogen and oxygen atoms in total. The van der Waals surface area contributed by atoms with E-state index in [2.05, 4.69) is 24.8 Å². The van der Waals surface area contributed by atoms with Gasteiger partial charge in [-0.05, 0) is 23.6 Å². The molecule has 1 N–H and O–H groups in total. The maximum absolute atomic E-state index is 10.9. The van der Waals surface area contributed by atoms with Crippen LogP contribution in [0.25, 0.3) is 0 Å². The van der Waals surface area contributed by atoms with E-state index in [4.69, 9.17) is 10.4 Å². The van der Waals surface area contributed by atoms with Crippen molar-refractivity contribution in [1.29, 1.82) is 5.26 Å². The number of carbonyl (C=O) groups is 1. The third kappa shape index (κ3) is 5.97. The van der Waals surface area contributed by atoms with Crippen LogP contribution in [-0.2, 0) is 6.54 Å². The number of nitriles is 1. The molecule has 0 aliphatic heterocycles. The van der Waals surface area contributed by atoms with E-state index in [0.717, 1.165) is 38.0 Å². The normalized spacial score (nSPS) is 10.8. The number of hydrogen-bond donors (Lipinski definition) is 1. The van der Waals surface area contributed by atoms with Gasteiger partial charge < -0.3 is 5.11 Å². The molecule has 0 aliphatic carbocycles. The summed E-state index contributed by atoms with van der Waals surface area (Å²) in [6, 6.07) is 9.18. The number of benzene rings is 1. The topological polar surface area (TPSA) is 64.3 Å². The van der Waals surface area contributed by atoms with Crippen molar-refractivity contribution in [3.05, 3.63) is 35.4 Å². The fourth-order valence-electron chi connectivity index (χ4n) is 2.37. The van der Waals surface area contributed by atoms with E-state index in [1.807, 2.05) is 12.1 Å². The molecule has 1 rings (SSSR count). The van der Waals surface area contributed by atoms with Crippen molar-refractivity contribution in [3.8, 4) is 6.07 Å². The zero-order valence-corrected chi connectivity index (χ0v) is 12.9. The molecule has 0 aliphatic rings. The number of hydrogen-bond acceptors (Lipinski definition) is 3. The van der Waals surface area contributed by atoms with Crippen LogP contribution in [0.3, 0.4) is 0 Å². The van der Waals surface area contributed by atoms with Gasteiger partial charge in [0.15, 0.2) is 0 Å². The molecule has 21 heavy (non-hydrogen) atoms. The minimum atomic E-state index is -0.903. The highest BCUT2D eigenvalue weighted by molar-refractivity contribution is 5.87. The van der Waals surface area contributed by atoms with Crippen LogP contribution in [0, 0.1) is 17.2 Å². The molecule has 0 atom stereocenters. The lowest BCUT2D eigenvalue weighted by molar-refractivity contribution is 0.0697. The second-order valence-electron chi connectivity index (χ2n) is 5.33. The van der Waals surface area contributed by atoms with Crippen LogP contribution < -0.4 is 0 Å². The second kappa shape index (κ2) is 9.15. The van der Waals surface area contributed by atoms with Gasteiger partial charge in [-0.25, -0.2) is 4.79 Å². The molecular weight excluding hydrogens is 264 g/mol. The molecule has 0 aromatic heterocycles. The molecule has 0 unspecified atom stereocenters. The molecule has 1 aromatic rings. The Bertz CT molecular complexity index is 473. The number of nitrogens with zero attached hydrogens (tertiary/aromatic N) is 2. The first-order valence-corrected chi connectivity index (χ1v) is 7.52. The Kier molecular flexibility index (Phi) is 7.49. The van der Waals surface area contributed by atoms with Crippen molar-refractivity contribution in [2.45, 2.75) is 39.7 Å². The Hall–Kier alpha value is -1.86. The van der Waals surface area contributed by atoms with Gasteiger partial charge in [-0.2, -0.15) is 5.26 Å². The molecule has 0 saturated carbocycles. The fourth-order valence-corrected chi connectivity index (χ4v) is 2.37. The Labute approximate surface area is 127 Å². The van der Waals surface area contributed by atoms with Gasteiger partial charge in [0.05, 0.1) is 11.6 Å². The fraction of sp³-hybridized carbons (Fsp3) is 0.529. The lowest BCUT2D eigenvalue weighted by atomic mass is 10.0. The predicted octanol–water partition coefficient (Wildman–Crippen LogP) is 3.54. The summed E-state index contributed by atoms with van der Waals surface area (Å²) in [5, 5.41) is 17.7. The molecule has 0 spiro atoms. The number of carboxylic acid groups (broad SMARTS) is 1. The van der Waals surface area contributed by atoms with Crippen molar-refractivity contribution in [2.24, 2.45) is 5.92 Å². The molecule has 114 valence electrons. The Morgan fingerprint density at radius 2 is 1.90 bits per heavy atom. The van der Waals surface area contributed by atoms with Gasteiger partial charge >= 0.3 is 5.97 Å². The van der Waals surface area contributed by atoms with Crippen molar-refractivity contribution in [2.75, 3.05) is 13.1 Å². The average molecular weight is 288 g/mol. The van der Waals surface area contributed by atoms with Gasteiger partial charge in [0, 0.05) is 26.1 Å². The van der Waals surface area contributed by atoms with Crippen LogP contribution in [0.1, 0.15) is 49.0 Å². The van der Waals surface area contributed by atoms with Crippen LogP contribution in [0.4, 0.5) is 0 Å². The Morgan fingerprint density at radius 3 is 2.38 bits per heavy atom. The highest BCUT2D eigenvalue weighted by atomic mass is 16.4. The van der Waals surface area contributed by atoms with E-state index in [9.17, 15) is 4.79 Å². The summed E-state index contributed by atoms with van der Waals surface area (Å²) in [5.74, 6) is -0.262. The quantitative estimate of drug-likeness (QED) is 0.755. The predicted molar refractivity (Wildman–Crippen MR) is 83.0 cm³/mol. The third-order valence-electron chi connectivity index (χ3n) is 3.82. The number of carboxylic acids is 1. The first kappa shape index (κ1) is 17.2. The van der Waals surface area contributed by atoms with Crippen molar-refractivity contribution in [3.63, 3.8) is 0 Å². The monoisotopic (exact) mass is 288 g/mol. The first-order valence-electron chi connectivity index (χ1n) is 7.52. The second-order valence-corrected chi connectivity index (χ2v) is 5.33. The molecule has 0 amide bonds. The maximum Gasteiger partial charge on any atom is 0.335 e. The Morgan fingerprint density at radius 1 is 1.29 bits per heavy atom. The van der Waals surface area contributed by atoms with Gasteiger partial charge in [0.2, 0.25) is 0 Å².